The minimum atomic E-state index is 0.504. The standard InChI is InChI=1S/C17H30N4OS/c1-4-18-17(19-11-15-5-10-23-13-15)20-12-16(14(2)3)21-6-8-22-9-7-21/h5,10,13-14,16H,4,6-9,11-12H2,1-3H3,(H2,18,19,20). The van der Waals surface area contributed by atoms with Gasteiger partial charge < -0.3 is 15.4 Å². The molecule has 0 spiro atoms. The van der Waals surface area contributed by atoms with Gasteiger partial charge in [-0.15, -0.1) is 0 Å². The van der Waals surface area contributed by atoms with Crippen LogP contribution in [0.3, 0.4) is 0 Å². The van der Waals surface area contributed by atoms with E-state index in [1.54, 1.807) is 11.3 Å². The van der Waals surface area contributed by atoms with Gasteiger partial charge >= 0.3 is 0 Å². The lowest BCUT2D eigenvalue weighted by Crippen LogP contribution is -2.52. The van der Waals surface area contributed by atoms with Gasteiger partial charge in [0.1, 0.15) is 0 Å². The van der Waals surface area contributed by atoms with Gasteiger partial charge in [0.25, 0.3) is 0 Å². The highest BCUT2D eigenvalue weighted by atomic mass is 32.1. The lowest BCUT2D eigenvalue weighted by Gasteiger charge is -2.37. The van der Waals surface area contributed by atoms with E-state index in [-0.39, 0.29) is 0 Å². The number of hydrogen-bond acceptors (Lipinski definition) is 4. The summed E-state index contributed by atoms with van der Waals surface area (Å²) >= 11 is 1.72. The van der Waals surface area contributed by atoms with E-state index in [4.69, 9.17) is 9.73 Å². The molecule has 0 saturated carbocycles. The third-order valence-electron chi connectivity index (χ3n) is 4.11. The molecule has 1 aromatic rings. The minimum Gasteiger partial charge on any atom is -0.379 e. The fourth-order valence-electron chi connectivity index (χ4n) is 2.79. The van der Waals surface area contributed by atoms with Gasteiger partial charge in [-0.3, -0.25) is 4.90 Å². The summed E-state index contributed by atoms with van der Waals surface area (Å²) in [6.45, 7) is 12.9. The van der Waals surface area contributed by atoms with E-state index < -0.39 is 0 Å². The zero-order valence-electron chi connectivity index (χ0n) is 14.5. The maximum Gasteiger partial charge on any atom is 0.191 e. The largest absolute Gasteiger partial charge is 0.379 e. The molecule has 2 N–H and O–H groups in total. The number of nitrogens with zero attached hydrogens (tertiary/aromatic N) is 2. The Balaban J connectivity index is 1.90. The summed E-state index contributed by atoms with van der Waals surface area (Å²) in [5, 5.41) is 11.1. The molecule has 0 aromatic carbocycles. The van der Waals surface area contributed by atoms with Crippen LogP contribution < -0.4 is 10.6 Å². The minimum absolute atomic E-state index is 0.504. The number of nitrogens with one attached hydrogen (secondary N) is 2. The second-order valence-corrected chi connectivity index (χ2v) is 6.95. The van der Waals surface area contributed by atoms with E-state index in [2.05, 4.69) is 53.1 Å². The fraction of sp³-hybridized carbons (Fsp3) is 0.706. The van der Waals surface area contributed by atoms with Gasteiger partial charge in [-0.25, -0.2) is 4.99 Å². The van der Waals surface area contributed by atoms with Crippen LogP contribution in [0.25, 0.3) is 0 Å². The number of aliphatic imine (C=N–C) groups is 1. The van der Waals surface area contributed by atoms with Crippen LogP contribution in [0, 0.1) is 5.92 Å². The van der Waals surface area contributed by atoms with Crippen molar-refractivity contribution in [3.05, 3.63) is 22.4 Å². The first-order valence-corrected chi connectivity index (χ1v) is 9.50. The lowest BCUT2D eigenvalue weighted by atomic mass is 10.0. The monoisotopic (exact) mass is 338 g/mol. The first-order valence-electron chi connectivity index (χ1n) is 8.55. The van der Waals surface area contributed by atoms with Crippen LogP contribution in [0.1, 0.15) is 26.3 Å². The quantitative estimate of drug-likeness (QED) is 0.591. The molecule has 0 aliphatic carbocycles. The summed E-state index contributed by atoms with van der Waals surface area (Å²) in [5.74, 6) is 1.50. The predicted octanol–water partition coefficient (Wildman–Crippen LogP) is 2.16. The molecule has 2 heterocycles. The number of thiophene rings is 1. The second kappa shape index (κ2) is 9.90. The highest BCUT2D eigenvalue weighted by molar-refractivity contribution is 7.07. The molecule has 5 nitrogen and oxygen atoms in total. The molecule has 6 heteroatoms. The topological polar surface area (TPSA) is 48.9 Å². The Morgan fingerprint density at radius 3 is 2.74 bits per heavy atom. The van der Waals surface area contributed by atoms with Gasteiger partial charge in [-0.1, -0.05) is 13.8 Å². The van der Waals surface area contributed by atoms with Crippen molar-refractivity contribution >= 4 is 17.3 Å². The van der Waals surface area contributed by atoms with Gasteiger partial charge in [0.15, 0.2) is 5.96 Å². The van der Waals surface area contributed by atoms with Crippen molar-refractivity contribution in [2.75, 3.05) is 39.4 Å². The summed E-state index contributed by atoms with van der Waals surface area (Å²) in [4.78, 5) is 7.22. The lowest BCUT2D eigenvalue weighted by molar-refractivity contribution is 0.00752. The van der Waals surface area contributed by atoms with Crippen LogP contribution in [0.5, 0.6) is 0 Å². The van der Waals surface area contributed by atoms with Crippen LogP contribution >= 0.6 is 11.3 Å². The first kappa shape index (κ1) is 18.2. The van der Waals surface area contributed by atoms with Gasteiger partial charge in [0.05, 0.1) is 19.8 Å². The number of morpholine rings is 1. The summed E-state index contributed by atoms with van der Waals surface area (Å²) < 4.78 is 5.48. The normalized spacial score (nSPS) is 18.2. The summed E-state index contributed by atoms with van der Waals surface area (Å²) in [6, 6.07) is 2.63. The molecule has 1 aromatic heterocycles. The number of guanidine groups is 1. The molecule has 1 aliphatic heterocycles. The van der Waals surface area contributed by atoms with E-state index >= 15 is 0 Å². The Morgan fingerprint density at radius 1 is 1.35 bits per heavy atom. The fourth-order valence-corrected chi connectivity index (χ4v) is 3.45. The molecule has 1 saturated heterocycles. The van der Waals surface area contributed by atoms with Crippen molar-refractivity contribution in [1.29, 1.82) is 0 Å². The molecule has 0 bridgehead atoms. The number of hydrogen-bond donors (Lipinski definition) is 2. The highest BCUT2D eigenvalue weighted by Gasteiger charge is 2.23. The second-order valence-electron chi connectivity index (χ2n) is 6.17. The zero-order chi connectivity index (χ0) is 16.5. The molecule has 130 valence electrons. The summed E-state index contributed by atoms with van der Waals surface area (Å²) in [7, 11) is 0. The molecule has 1 aliphatic rings. The Bertz CT molecular complexity index is 455. The Labute approximate surface area is 144 Å². The smallest absolute Gasteiger partial charge is 0.191 e. The summed E-state index contributed by atoms with van der Waals surface area (Å²) in [5.41, 5.74) is 1.26. The average molecular weight is 339 g/mol. The van der Waals surface area contributed by atoms with E-state index in [0.29, 0.717) is 12.0 Å². The molecule has 23 heavy (non-hydrogen) atoms. The Kier molecular flexibility index (Phi) is 7.85. The molecule has 0 radical (unpaired) electrons. The molecule has 2 rings (SSSR count). The van der Waals surface area contributed by atoms with Crippen molar-refractivity contribution in [2.24, 2.45) is 10.9 Å². The molecule has 1 unspecified atom stereocenters. The first-order chi connectivity index (χ1) is 11.2. The van der Waals surface area contributed by atoms with E-state index in [9.17, 15) is 0 Å². The van der Waals surface area contributed by atoms with Crippen molar-refractivity contribution in [1.82, 2.24) is 15.5 Å². The van der Waals surface area contributed by atoms with E-state index in [0.717, 1.165) is 51.9 Å². The number of ether oxygens (including phenoxy) is 1. The molecule has 1 atom stereocenters. The average Bonchev–Trinajstić information content (AvgIpc) is 3.07. The van der Waals surface area contributed by atoms with Gasteiger partial charge in [0, 0.05) is 32.2 Å². The SMILES string of the molecule is CCNC(=NCc1ccsc1)NCC(C(C)C)N1CCOCC1. The van der Waals surface area contributed by atoms with Crippen LogP contribution in [0.15, 0.2) is 21.8 Å². The van der Waals surface area contributed by atoms with Crippen molar-refractivity contribution in [3.63, 3.8) is 0 Å². The van der Waals surface area contributed by atoms with Crippen molar-refractivity contribution in [2.45, 2.75) is 33.4 Å². The van der Waals surface area contributed by atoms with Crippen LogP contribution in [-0.2, 0) is 11.3 Å². The van der Waals surface area contributed by atoms with Crippen LogP contribution in [-0.4, -0.2) is 56.3 Å². The van der Waals surface area contributed by atoms with Crippen molar-refractivity contribution < 1.29 is 4.74 Å². The third kappa shape index (κ3) is 6.12. The molecule has 1 fully saturated rings. The Hall–Kier alpha value is -1.11. The van der Waals surface area contributed by atoms with E-state index in [1.807, 2.05) is 0 Å². The molecular formula is C17H30N4OS. The van der Waals surface area contributed by atoms with Crippen LogP contribution in [0.4, 0.5) is 0 Å². The van der Waals surface area contributed by atoms with Gasteiger partial charge in [-0.05, 0) is 35.2 Å². The van der Waals surface area contributed by atoms with Gasteiger partial charge in [-0.2, -0.15) is 11.3 Å². The maximum absolute atomic E-state index is 5.48. The maximum atomic E-state index is 5.48. The zero-order valence-corrected chi connectivity index (χ0v) is 15.4. The number of rotatable bonds is 7. The molecular weight excluding hydrogens is 308 g/mol. The van der Waals surface area contributed by atoms with Crippen molar-refractivity contribution in [3.8, 4) is 0 Å². The Morgan fingerprint density at radius 2 is 2.13 bits per heavy atom. The summed E-state index contributed by atoms with van der Waals surface area (Å²) in [6.07, 6.45) is 0. The predicted molar refractivity (Wildman–Crippen MR) is 98.2 cm³/mol. The third-order valence-corrected chi connectivity index (χ3v) is 4.84. The molecule has 0 amide bonds. The highest BCUT2D eigenvalue weighted by Crippen LogP contribution is 2.12. The van der Waals surface area contributed by atoms with Crippen LogP contribution in [0.2, 0.25) is 0 Å². The van der Waals surface area contributed by atoms with Gasteiger partial charge in [0.2, 0.25) is 0 Å². The van der Waals surface area contributed by atoms with E-state index in [1.165, 1.54) is 5.56 Å².